The Hall–Kier alpha value is -1.82. The third-order valence-corrected chi connectivity index (χ3v) is 2.50. The molecule has 0 unspecified atom stereocenters. The van der Waals surface area contributed by atoms with E-state index in [4.69, 9.17) is 5.84 Å². The maximum absolute atomic E-state index is 5.42. The maximum atomic E-state index is 5.42. The van der Waals surface area contributed by atoms with E-state index in [1.54, 1.807) is 6.20 Å². The molecule has 0 aliphatic carbocycles. The van der Waals surface area contributed by atoms with Gasteiger partial charge in [0.05, 0.1) is 6.20 Å². The summed E-state index contributed by atoms with van der Waals surface area (Å²) in [5.74, 6) is 7.44. The third kappa shape index (κ3) is 2.31. The molecular weight excluding hydrogens is 216 g/mol. The van der Waals surface area contributed by atoms with Gasteiger partial charge in [-0.15, -0.1) is 0 Å². The number of hydrogen-bond acceptors (Lipinski definition) is 5. The first-order chi connectivity index (χ1) is 8.11. The first kappa shape index (κ1) is 11.7. The van der Waals surface area contributed by atoms with Crippen molar-refractivity contribution in [3.63, 3.8) is 0 Å². The van der Waals surface area contributed by atoms with Gasteiger partial charge < -0.3 is 14.7 Å². The van der Waals surface area contributed by atoms with Crippen LogP contribution in [-0.2, 0) is 0 Å². The lowest BCUT2D eigenvalue weighted by Gasteiger charge is -2.21. The number of fused-ring (bicyclic) bond motifs is 1. The fraction of sp³-hybridized carbons (Fsp3) is 0.455. The lowest BCUT2D eigenvalue weighted by atomic mass is 10.2. The number of nitrogen functional groups attached to an aromatic ring is 1. The van der Waals surface area contributed by atoms with E-state index in [1.807, 2.05) is 23.8 Å². The Labute approximate surface area is 100 Å². The van der Waals surface area contributed by atoms with Crippen molar-refractivity contribution < 1.29 is 0 Å². The fourth-order valence-electron chi connectivity index (χ4n) is 1.87. The SMILES string of the molecule is CC(C)CN(C)c1nc(NN)cn2ccnc12. The maximum Gasteiger partial charge on any atom is 0.180 e. The predicted octanol–water partition coefficient (Wildman–Crippen LogP) is 1.11. The minimum Gasteiger partial charge on any atom is -0.356 e. The van der Waals surface area contributed by atoms with Crippen LogP contribution < -0.4 is 16.2 Å². The zero-order chi connectivity index (χ0) is 12.4. The molecule has 0 aromatic carbocycles. The molecule has 0 aliphatic rings. The molecule has 2 aromatic rings. The average molecular weight is 234 g/mol. The van der Waals surface area contributed by atoms with Crippen molar-refractivity contribution in [2.24, 2.45) is 11.8 Å². The first-order valence-corrected chi connectivity index (χ1v) is 5.63. The molecule has 0 atom stereocenters. The fourth-order valence-corrected chi connectivity index (χ4v) is 1.87. The van der Waals surface area contributed by atoms with Gasteiger partial charge in [-0.2, -0.15) is 0 Å². The molecular formula is C11H18N6. The zero-order valence-corrected chi connectivity index (χ0v) is 10.4. The number of nitrogens with two attached hydrogens (primary N) is 1. The van der Waals surface area contributed by atoms with Crippen LogP contribution in [-0.4, -0.2) is 28.0 Å². The van der Waals surface area contributed by atoms with Crippen LogP contribution in [0.1, 0.15) is 13.8 Å². The molecule has 2 rings (SSSR count). The second-order valence-electron chi connectivity index (χ2n) is 4.53. The van der Waals surface area contributed by atoms with Crippen LogP contribution in [0.3, 0.4) is 0 Å². The van der Waals surface area contributed by atoms with E-state index in [1.165, 1.54) is 0 Å². The Morgan fingerprint density at radius 2 is 2.29 bits per heavy atom. The van der Waals surface area contributed by atoms with E-state index in [9.17, 15) is 0 Å². The summed E-state index contributed by atoms with van der Waals surface area (Å²) >= 11 is 0. The smallest absolute Gasteiger partial charge is 0.180 e. The Morgan fingerprint density at radius 1 is 1.53 bits per heavy atom. The molecule has 92 valence electrons. The standard InChI is InChI=1S/C11H18N6/c1-8(2)6-16(3)11-10-13-4-5-17(10)7-9(14-11)15-12/h4-5,7-8,15H,6,12H2,1-3H3. The minimum absolute atomic E-state index is 0.561. The van der Waals surface area contributed by atoms with Crippen molar-refractivity contribution in [3.05, 3.63) is 18.6 Å². The van der Waals surface area contributed by atoms with Gasteiger partial charge in [-0.3, -0.25) is 0 Å². The second-order valence-corrected chi connectivity index (χ2v) is 4.53. The molecule has 0 saturated carbocycles. The van der Waals surface area contributed by atoms with Gasteiger partial charge in [0.15, 0.2) is 17.3 Å². The van der Waals surface area contributed by atoms with E-state index in [2.05, 4.69) is 34.1 Å². The molecule has 0 saturated heterocycles. The molecule has 6 nitrogen and oxygen atoms in total. The van der Waals surface area contributed by atoms with Crippen LogP contribution in [0.25, 0.3) is 5.65 Å². The van der Waals surface area contributed by atoms with Crippen LogP contribution in [0, 0.1) is 5.92 Å². The van der Waals surface area contributed by atoms with Crippen LogP contribution in [0.4, 0.5) is 11.6 Å². The van der Waals surface area contributed by atoms with Crippen LogP contribution in [0.15, 0.2) is 18.6 Å². The second kappa shape index (κ2) is 4.58. The molecule has 2 aromatic heterocycles. The average Bonchev–Trinajstić information content (AvgIpc) is 2.74. The molecule has 0 radical (unpaired) electrons. The lowest BCUT2D eigenvalue weighted by molar-refractivity contribution is 0.635. The Morgan fingerprint density at radius 3 is 2.94 bits per heavy atom. The monoisotopic (exact) mass is 234 g/mol. The number of nitrogens with zero attached hydrogens (tertiary/aromatic N) is 4. The summed E-state index contributed by atoms with van der Waals surface area (Å²) in [6.45, 7) is 5.26. The number of nitrogens with one attached hydrogen (secondary N) is 1. The molecule has 0 amide bonds. The molecule has 0 fully saturated rings. The number of rotatable bonds is 4. The van der Waals surface area contributed by atoms with Crippen LogP contribution >= 0.6 is 0 Å². The summed E-state index contributed by atoms with van der Waals surface area (Å²) in [6.07, 6.45) is 5.45. The molecule has 0 bridgehead atoms. The van der Waals surface area contributed by atoms with Gasteiger partial charge in [-0.05, 0) is 5.92 Å². The molecule has 0 spiro atoms. The summed E-state index contributed by atoms with van der Waals surface area (Å²) < 4.78 is 1.91. The van der Waals surface area contributed by atoms with Crippen molar-refractivity contribution >= 4 is 17.3 Å². The van der Waals surface area contributed by atoms with Gasteiger partial charge in [-0.25, -0.2) is 15.8 Å². The molecule has 17 heavy (non-hydrogen) atoms. The highest BCUT2D eigenvalue weighted by atomic mass is 15.3. The van der Waals surface area contributed by atoms with Gasteiger partial charge in [0.2, 0.25) is 0 Å². The highest BCUT2D eigenvalue weighted by molar-refractivity contribution is 5.66. The van der Waals surface area contributed by atoms with E-state index in [0.29, 0.717) is 11.7 Å². The summed E-state index contributed by atoms with van der Waals surface area (Å²) in [5.41, 5.74) is 3.41. The zero-order valence-electron chi connectivity index (χ0n) is 10.4. The molecule has 6 heteroatoms. The minimum atomic E-state index is 0.561. The van der Waals surface area contributed by atoms with Crippen LogP contribution in [0.2, 0.25) is 0 Å². The quantitative estimate of drug-likeness (QED) is 0.612. The highest BCUT2D eigenvalue weighted by Crippen LogP contribution is 2.19. The molecule has 0 aliphatic heterocycles. The number of imidazole rings is 1. The van der Waals surface area contributed by atoms with Crippen molar-refractivity contribution in [3.8, 4) is 0 Å². The summed E-state index contributed by atoms with van der Waals surface area (Å²) in [4.78, 5) is 10.9. The summed E-state index contributed by atoms with van der Waals surface area (Å²) in [5, 5.41) is 0. The van der Waals surface area contributed by atoms with E-state index >= 15 is 0 Å². The Bertz CT molecular complexity index is 504. The van der Waals surface area contributed by atoms with Crippen LogP contribution in [0.5, 0.6) is 0 Å². The molecule has 3 N–H and O–H groups in total. The number of anilines is 2. The highest BCUT2D eigenvalue weighted by Gasteiger charge is 2.12. The van der Waals surface area contributed by atoms with Gasteiger partial charge in [0.1, 0.15) is 0 Å². The van der Waals surface area contributed by atoms with E-state index in [0.717, 1.165) is 18.0 Å². The number of aromatic nitrogens is 3. The van der Waals surface area contributed by atoms with Gasteiger partial charge in [0.25, 0.3) is 0 Å². The largest absolute Gasteiger partial charge is 0.356 e. The molecule has 2 heterocycles. The van der Waals surface area contributed by atoms with Crippen molar-refractivity contribution in [1.82, 2.24) is 14.4 Å². The van der Waals surface area contributed by atoms with Crippen molar-refractivity contribution in [1.29, 1.82) is 0 Å². The van der Waals surface area contributed by atoms with Gasteiger partial charge in [0, 0.05) is 26.0 Å². The van der Waals surface area contributed by atoms with Crippen molar-refractivity contribution in [2.75, 3.05) is 23.9 Å². The number of hydrazine groups is 1. The topological polar surface area (TPSA) is 71.5 Å². The number of hydrogen-bond donors (Lipinski definition) is 2. The van der Waals surface area contributed by atoms with E-state index < -0.39 is 0 Å². The third-order valence-electron chi connectivity index (χ3n) is 2.50. The Balaban J connectivity index is 2.46. The van der Waals surface area contributed by atoms with Gasteiger partial charge >= 0.3 is 0 Å². The summed E-state index contributed by atoms with van der Waals surface area (Å²) in [6, 6.07) is 0. The normalized spacial score (nSPS) is 11.1. The van der Waals surface area contributed by atoms with E-state index in [-0.39, 0.29) is 0 Å². The predicted molar refractivity (Wildman–Crippen MR) is 68.9 cm³/mol. The summed E-state index contributed by atoms with van der Waals surface area (Å²) in [7, 11) is 2.01. The lowest BCUT2D eigenvalue weighted by Crippen LogP contribution is -2.25. The first-order valence-electron chi connectivity index (χ1n) is 5.63. The Kier molecular flexibility index (Phi) is 3.14. The van der Waals surface area contributed by atoms with Gasteiger partial charge in [-0.1, -0.05) is 13.8 Å². The van der Waals surface area contributed by atoms with Crippen molar-refractivity contribution in [2.45, 2.75) is 13.8 Å².